The van der Waals surface area contributed by atoms with Crippen molar-refractivity contribution < 1.29 is 9.47 Å². The van der Waals surface area contributed by atoms with Crippen LogP contribution in [0.2, 0.25) is 0 Å². The summed E-state index contributed by atoms with van der Waals surface area (Å²) in [6.07, 6.45) is 3.34. The molecule has 0 amide bonds. The van der Waals surface area contributed by atoms with Crippen LogP contribution in [0.5, 0.6) is 0 Å². The van der Waals surface area contributed by atoms with Gasteiger partial charge in [0.1, 0.15) is 0 Å². The average Bonchev–Trinajstić information content (AvgIpc) is 2.35. The highest BCUT2D eigenvalue weighted by Crippen LogP contribution is 2.51. The maximum atomic E-state index is 6.16. The quantitative estimate of drug-likeness (QED) is 0.595. The summed E-state index contributed by atoms with van der Waals surface area (Å²) in [6, 6.07) is 0. The van der Waals surface area contributed by atoms with Crippen molar-refractivity contribution in [1.29, 1.82) is 0 Å². The van der Waals surface area contributed by atoms with Crippen LogP contribution in [0.1, 0.15) is 53.9 Å². The van der Waals surface area contributed by atoms with E-state index >= 15 is 0 Å². The molecule has 0 N–H and O–H groups in total. The number of rotatable bonds is 0. The fourth-order valence-electron chi connectivity index (χ4n) is 2.58. The van der Waals surface area contributed by atoms with Crippen LogP contribution in [0.15, 0.2) is 0 Å². The third-order valence-corrected chi connectivity index (χ3v) is 4.01. The van der Waals surface area contributed by atoms with Gasteiger partial charge in [0.05, 0.1) is 11.2 Å². The van der Waals surface area contributed by atoms with E-state index in [4.69, 9.17) is 9.47 Å². The molecule has 82 valence electrons. The highest BCUT2D eigenvalue weighted by atomic mass is 16.8. The molecule has 0 bridgehead atoms. The highest BCUT2D eigenvalue weighted by Gasteiger charge is 2.58. The second-order valence-corrected chi connectivity index (χ2v) is 5.98. The summed E-state index contributed by atoms with van der Waals surface area (Å²) in [5, 5.41) is 0. The molecule has 1 saturated carbocycles. The van der Waals surface area contributed by atoms with Gasteiger partial charge in [-0.15, -0.1) is 0 Å². The first kappa shape index (κ1) is 10.4. The van der Waals surface area contributed by atoms with E-state index in [1.165, 1.54) is 6.42 Å². The van der Waals surface area contributed by atoms with E-state index < -0.39 is 0 Å². The van der Waals surface area contributed by atoms with Crippen LogP contribution in [-0.2, 0) is 9.47 Å². The third kappa shape index (κ3) is 1.40. The van der Waals surface area contributed by atoms with Crippen molar-refractivity contribution in [3.05, 3.63) is 0 Å². The minimum absolute atomic E-state index is 0.170. The molecule has 0 aromatic heterocycles. The first-order valence-corrected chi connectivity index (χ1v) is 5.67. The van der Waals surface area contributed by atoms with Gasteiger partial charge in [0, 0.05) is 12.8 Å². The Morgan fingerprint density at radius 3 is 1.86 bits per heavy atom. The van der Waals surface area contributed by atoms with Crippen molar-refractivity contribution in [1.82, 2.24) is 0 Å². The van der Waals surface area contributed by atoms with Gasteiger partial charge in [-0.1, -0.05) is 6.92 Å². The molecule has 0 aromatic carbocycles. The maximum Gasteiger partial charge on any atom is 0.170 e. The number of hydrogen-bond acceptors (Lipinski definition) is 2. The zero-order valence-electron chi connectivity index (χ0n) is 10.0. The van der Waals surface area contributed by atoms with E-state index in [0.717, 1.165) is 18.8 Å². The smallest absolute Gasteiger partial charge is 0.170 e. The lowest BCUT2D eigenvalue weighted by Crippen LogP contribution is -2.41. The van der Waals surface area contributed by atoms with Gasteiger partial charge in [-0.3, -0.25) is 0 Å². The Hall–Kier alpha value is -0.0800. The molecule has 1 unspecified atom stereocenters. The Bertz CT molecular complexity index is 227. The van der Waals surface area contributed by atoms with E-state index in [2.05, 4.69) is 34.6 Å². The predicted molar refractivity (Wildman–Crippen MR) is 56.1 cm³/mol. The third-order valence-electron chi connectivity index (χ3n) is 4.01. The monoisotopic (exact) mass is 198 g/mol. The van der Waals surface area contributed by atoms with Gasteiger partial charge < -0.3 is 9.47 Å². The van der Waals surface area contributed by atoms with E-state index in [-0.39, 0.29) is 17.0 Å². The minimum atomic E-state index is -0.271. The van der Waals surface area contributed by atoms with Crippen molar-refractivity contribution in [2.24, 2.45) is 5.92 Å². The molecule has 14 heavy (non-hydrogen) atoms. The predicted octanol–water partition coefficient (Wildman–Crippen LogP) is 3.11. The molecule has 1 aliphatic heterocycles. The Labute approximate surface area is 87.0 Å². The molecule has 1 atom stereocenters. The van der Waals surface area contributed by atoms with Crippen molar-refractivity contribution in [2.75, 3.05) is 0 Å². The highest BCUT2D eigenvalue weighted by molar-refractivity contribution is 5.01. The van der Waals surface area contributed by atoms with E-state index in [1.807, 2.05) is 0 Å². The Balaban J connectivity index is 2.21. The molecule has 2 rings (SSSR count). The average molecular weight is 198 g/mol. The summed E-state index contributed by atoms with van der Waals surface area (Å²) in [5.74, 6) is 0.464. The molecule has 2 heteroatoms. The summed E-state index contributed by atoms with van der Waals surface area (Å²) in [6.45, 7) is 10.8. The van der Waals surface area contributed by atoms with Crippen LogP contribution in [-0.4, -0.2) is 17.0 Å². The van der Waals surface area contributed by atoms with Crippen molar-refractivity contribution >= 4 is 0 Å². The van der Waals surface area contributed by atoms with Crippen LogP contribution in [0.3, 0.4) is 0 Å². The molecule has 1 aliphatic carbocycles. The molecule has 0 aromatic rings. The topological polar surface area (TPSA) is 18.5 Å². The molecule has 0 radical (unpaired) electrons. The molecule has 2 fully saturated rings. The Kier molecular flexibility index (Phi) is 2.04. The lowest BCUT2D eigenvalue weighted by atomic mass is 9.90. The summed E-state index contributed by atoms with van der Waals surface area (Å²) in [7, 11) is 0. The van der Waals surface area contributed by atoms with Crippen LogP contribution in [0, 0.1) is 5.92 Å². The summed E-state index contributed by atoms with van der Waals surface area (Å²) >= 11 is 0. The first-order chi connectivity index (χ1) is 6.27. The summed E-state index contributed by atoms with van der Waals surface area (Å²) in [4.78, 5) is 0. The van der Waals surface area contributed by atoms with Crippen molar-refractivity contribution in [2.45, 2.75) is 70.9 Å². The molecule has 2 aliphatic rings. The molecular weight excluding hydrogens is 176 g/mol. The van der Waals surface area contributed by atoms with Gasteiger partial charge in [0.25, 0.3) is 0 Å². The van der Waals surface area contributed by atoms with E-state index in [9.17, 15) is 0 Å². The number of hydrogen-bond donors (Lipinski definition) is 0. The second kappa shape index (κ2) is 2.73. The Morgan fingerprint density at radius 1 is 1.00 bits per heavy atom. The van der Waals surface area contributed by atoms with E-state index in [1.54, 1.807) is 0 Å². The zero-order valence-corrected chi connectivity index (χ0v) is 10.0. The second-order valence-electron chi connectivity index (χ2n) is 5.98. The zero-order chi connectivity index (χ0) is 10.6. The molecule has 1 spiro atoms. The molecule has 2 nitrogen and oxygen atoms in total. The molecule has 1 heterocycles. The maximum absolute atomic E-state index is 6.16. The van der Waals surface area contributed by atoms with Gasteiger partial charge in [0.2, 0.25) is 0 Å². The minimum Gasteiger partial charge on any atom is -0.341 e. The van der Waals surface area contributed by atoms with Crippen LogP contribution < -0.4 is 0 Å². The van der Waals surface area contributed by atoms with Gasteiger partial charge >= 0.3 is 0 Å². The van der Waals surface area contributed by atoms with Crippen molar-refractivity contribution in [3.63, 3.8) is 0 Å². The van der Waals surface area contributed by atoms with Crippen molar-refractivity contribution in [3.8, 4) is 0 Å². The first-order valence-electron chi connectivity index (χ1n) is 5.67. The molecular formula is C12H22O2. The Morgan fingerprint density at radius 2 is 1.50 bits per heavy atom. The standard InChI is InChI=1S/C12H22O2/c1-9-6-7-12(8-9)13-10(2,3)11(4,5)14-12/h9H,6-8H2,1-5H3. The van der Waals surface area contributed by atoms with Crippen LogP contribution in [0.25, 0.3) is 0 Å². The van der Waals surface area contributed by atoms with Gasteiger partial charge in [0.15, 0.2) is 5.79 Å². The summed E-state index contributed by atoms with van der Waals surface area (Å²) in [5.41, 5.74) is -0.339. The van der Waals surface area contributed by atoms with Gasteiger partial charge in [-0.05, 0) is 40.0 Å². The molecule has 1 saturated heterocycles. The van der Waals surface area contributed by atoms with Gasteiger partial charge in [-0.2, -0.15) is 0 Å². The lowest BCUT2D eigenvalue weighted by molar-refractivity contribution is -0.187. The lowest BCUT2D eigenvalue weighted by Gasteiger charge is -2.30. The summed E-state index contributed by atoms with van der Waals surface area (Å²) < 4.78 is 12.3. The van der Waals surface area contributed by atoms with Crippen LogP contribution >= 0.6 is 0 Å². The fraction of sp³-hybridized carbons (Fsp3) is 1.00. The fourth-order valence-corrected chi connectivity index (χ4v) is 2.58. The van der Waals surface area contributed by atoms with E-state index in [0.29, 0.717) is 0 Å². The van der Waals surface area contributed by atoms with Gasteiger partial charge in [-0.25, -0.2) is 0 Å². The number of ether oxygens (including phenoxy) is 2. The normalized spacial score (nSPS) is 37.9. The van der Waals surface area contributed by atoms with Crippen LogP contribution in [0.4, 0.5) is 0 Å². The largest absolute Gasteiger partial charge is 0.341 e. The SMILES string of the molecule is CC1CCC2(C1)OC(C)(C)C(C)(C)O2.